The van der Waals surface area contributed by atoms with Crippen LogP contribution in [-0.4, -0.2) is 28.6 Å². The zero-order valence-electron chi connectivity index (χ0n) is 15.3. The number of aryl methyl sites for hydroxylation is 2. The Morgan fingerprint density at radius 1 is 1.15 bits per heavy atom. The fourth-order valence-corrected chi connectivity index (χ4v) is 3.94. The molecule has 3 rings (SSSR count). The third-order valence-corrected chi connectivity index (χ3v) is 5.20. The predicted octanol–water partition coefficient (Wildman–Crippen LogP) is 4.96. The van der Waals surface area contributed by atoms with Gasteiger partial charge in [0.2, 0.25) is 0 Å². The Bertz CT molecular complexity index is 848. The Morgan fingerprint density at radius 3 is 2.52 bits per heavy atom. The van der Waals surface area contributed by atoms with Crippen LogP contribution in [0.3, 0.4) is 0 Å². The summed E-state index contributed by atoms with van der Waals surface area (Å²) in [5.74, 6) is -0.993. The summed E-state index contributed by atoms with van der Waals surface area (Å²) in [7, 11) is 0. The zero-order valence-corrected chi connectivity index (χ0v) is 15.3. The smallest absolute Gasteiger partial charge is 0.416 e. The van der Waals surface area contributed by atoms with Crippen molar-refractivity contribution in [3.05, 3.63) is 70.3 Å². The number of carboxylic acid groups (broad SMARTS) is 1. The van der Waals surface area contributed by atoms with Gasteiger partial charge >= 0.3 is 12.1 Å². The molecule has 2 aromatic rings. The molecule has 0 spiro atoms. The number of halogens is 3. The van der Waals surface area contributed by atoms with Crippen LogP contribution in [0.5, 0.6) is 0 Å². The molecule has 0 saturated carbocycles. The Kier molecular flexibility index (Phi) is 5.29. The van der Waals surface area contributed by atoms with Crippen molar-refractivity contribution < 1.29 is 23.1 Å². The summed E-state index contributed by atoms with van der Waals surface area (Å²) >= 11 is 0. The quantitative estimate of drug-likeness (QED) is 0.819. The predicted molar refractivity (Wildman–Crippen MR) is 96.6 cm³/mol. The molecule has 0 aromatic heterocycles. The SMILES string of the molecule is Cc1ccc(C)c(C(c2ccccc2C(F)(F)F)N2CCCC2C(=O)O)c1. The van der Waals surface area contributed by atoms with E-state index in [1.165, 1.54) is 12.1 Å². The third kappa shape index (κ3) is 3.86. The summed E-state index contributed by atoms with van der Waals surface area (Å²) in [6.45, 7) is 4.18. The van der Waals surface area contributed by atoms with E-state index in [2.05, 4.69) is 0 Å². The number of hydrogen-bond donors (Lipinski definition) is 1. The highest BCUT2D eigenvalue weighted by Gasteiger charge is 2.41. The van der Waals surface area contributed by atoms with Crippen LogP contribution in [0.15, 0.2) is 42.5 Å². The minimum Gasteiger partial charge on any atom is -0.480 e. The number of rotatable bonds is 4. The minimum atomic E-state index is -4.51. The topological polar surface area (TPSA) is 40.5 Å². The highest BCUT2D eigenvalue weighted by Crippen LogP contribution is 2.42. The molecule has 27 heavy (non-hydrogen) atoms. The van der Waals surface area contributed by atoms with Crippen LogP contribution < -0.4 is 0 Å². The highest BCUT2D eigenvalue weighted by molar-refractivity contribution is 5.74. The van der Waals surface area contributed by atoms with Crippen LogP contribution in [0.2, 0.25) is 0 Å². The van der Waals surface area contributed by atoms with Crippen molar-refractivity contribution >= 4 is 5.97 Å². The maximum atomic E-state index is 13.7. The van der Waals surface area contributed by atoms with E-state index in [-0.39, 0.29) is 5.56 Å². The lowest BCUT2D eigenvalue weighted by Crippen LogP contribution is -2.40. The first-order valence-electron chi connectivity index (χ1n) is 8.92. The molecule has 1 heterocycles. The van der Waals surface area contributed by atoms with Gasteiger partial charge in [-0.05, 0) is 49.4 Å². The Morgan fingerprint density at radius 2 is 1.85 bits per heavy atom. The van der Waals surface area contributed by atoms with Crippen molar-refractivity contribution in [3.63, 3.8) is 0 Å². The summed E-state index contributed by atoms with van der Waals surface area (Å²) in [5, 5.41) is 9.62. The Labute approximate surface area is 156 Å². The molecule has 2 unspecified atom stereocenters. The largest absolute Gasteiger partial charge is 0.480 e. The van der Waals surface area contributed by atoms with Crippen molar-refractivity contribution in [1.82, 2.24) is 4.90 Å². The van der Waals surface area contributed by atoms with E-state index < -0.39 is 29.8 Å². The van der Waals surface area contributed by atoms with E-state index in [1.54, 1.807) is 11.0 Å². The first kappa shape index (κ1) is 19.4. The molecular formula is C21H22F3NO2. The van der Waals surface area contributed by atoms with Gasteiger partial charge in [0.1, 0.15) is 6.04 Å². The maximum absolute atomic E-state index is 13.7. The number of alkyl halides is 3. The summed E-state index contributed by atoms with van der Waals surface area (Å²) < 4.78 is 41.1. The maximum Gasteiger partial charge on any atom is 0.416 e. The number of carbonyl (C=O) groups is 1. The molecule has 0 radical (unpaired) electrons. The molecule has 0 bridgehead atoms. The zero-order chi connectivity index (χ0) is 19.8. The van der Waals surface area contributed by atoms with Gasteiger partial charge in [-0.3, -0.25) is 9.69 Å². The highest BCUT2D eigenvalue weighted by atomic mass is 19.4. The molecule has 2 aromatic carbocycles. The molecule has 3 nitrogen and oxygen atoms in total. The van der Waals surface area contributed by atoms with Gasteiger partial charge in [0, 0.05) is 6.54 Å². The molecule has 6 heteroatoms. The first-order valence-corrected chi connectivity index (χ1v) is 8.92. The molecule has 0 amide bonds. The second-order valence-corrected chi connectivity index (χ2v) is 7.08. The molecule has 1 aliphatic heterocycles. The molecule has 2 atom stereocenters. The van der Waals surface area contributed by atoms with Gasteiger partial charge in [0.25, 0.3) is 0 Å². The van der Waals surface area contributed by atoms with E-state index in [0.717, 1.165) is 22.8 Å². The van der Waals surface area contributed by atoms with Crippen molar-refractivity contribution in [2.45, 2.75) is 44.9 Å². The van der Waals surface area contributed by atoms with E-state index >= 15 is 0 Å². The third-order valence-electron chi connectivity index (χ3n) is 5.20. The molecule has 0 aliphatic carbocycles. The fraction of sp³-hybridized carbons (Fsp3) is 0.381. The van der Waals surface area contributed by atoms with Crippen molar-refractivity contribution in [2.75, 3.05) is 6.54 Å². The summed E-state index contributed by atoms with van der Waals surface area (Å²) in [6.07, 6.45) is -3.43. The lowest BCUT2D eigenvalue weighted by molar-refractivity contribution is -0.143. The van der Waals surface area contributed by atoms with E-state index in [4.69, 9.17) is 0 Å². The molecule has 144 valence electrons. The van der Waals surface area contributed by atoms with Crippen LogP contribution in [0.1, 0.15) is 46.7 Å². The van der Waals surface area contributed by atoms with Crippen LogP contribution >= 0.6 is 0 Å². The number of nitrogens with zero attached hydrogens (tertiary/aromatic N) is 1. The summed E-state index contributed by atoms with van der Waals surface area (Å²) in [5.41, 5.74) is 1.88. The van der Waals surface area contributed by atoms with E-state index in [9.17, 15) is 23.1 Å². The van der Waals surface area contributed by atoms with Gasteiger partial charge in [-0.15, -0.1) is 0 Å². The van der Waals surface area contributed by atoms with Gasteiger partial charge in [-0.1, -0.05) is 42.0 Å². The standard InChI is InChI=1S/C21H22F3NO2/c1-13-9-10-14(2)16(12-13)19(25-11-5-8-18(25)20(26)27)15-6-3-4-7-17(15)21(22,23)24/h3-4,6-7,9-10,12,18-19H,5,8,11H2,1-2H3,(H,26,27). The molecule has 1 fully saturated rings. The second-order valence-electron chi connectivity index (χ2n) is 7.08. The van der Waals surface area contributed by atoms with E-state index in [1.807, 2.05) is 32.0 Å². The summed E-state index contributed by atoms with van der Waals surface area (Å²) in [4.78, 5) is 13.5. The lowest BCUT2D eigenvalue weighted by Gasteiger charge is -2.34. The second kappa shape index (κ2) is 7.35. The van der Waals surface area contributed by atoms with Gasteiger partial charge in [0.05, 0.1) is 11.6 Å². The molecular weight excluding hydrogens is 355 g/mol. The summed E-state index contributed by atoms with van der Waals surface area (Å²) in [6, 6.07) is 9.57. The van der Waals surface area contributed by atoms with Gasteiger partial charge < -0.3 is 5.11 Å². The van der Waals surface area contributed by atoms with Crippen LogP contribution in [0.4, 0.5) is 13.2 Å². The normalized spacial score (nSPS) is 19.2. The Balaban J connectivity index is 2.24. The first-order chi connectivity index (χ1) is 12.7. The van der Waals surface area contributed by atoms with Gasteiger partial charge in [-0.25, -0.2) is 0 Å². The number of carboxylic acids is 1. The Hall–Kier alpha value is -2.34. The van der Waals surface area contributed by atoms with Crippen LogP contribution in [0.25, 0.3) is 0 Å². The molecule has 1 N–H and O–H groups in total. The van der Waals surface area contributed by atoms with Crippen molar-refractivity contribution in [2.24, 2.45) is 0 Å². The molecule has 1 saturated heterocycles. The lowest BCUT2D eigenvalue weighted by atomic mass is 9.89. The minimum absolute atomic E-state index is 0.104. The fourth-order valence-electron chi connectivity index (χ4n) is 3.94. The van der Waals surface area contributed by atoms with Crippen LogP contribution in [-0.2, 0) is 11.0 Å². The molecule has 1 aliphatic rings. The van der Waals surface area contributed by atoms with Gasteiger partial charge in [0.15, 0.2) is 0 Å². The number of likely N-dealkylation sites (tertiary alicyclic amines) is 1. The number of hydrogen-bond acceptors (Lipinski definition) is 2. The van der Waals surface area contributed by atoms with E-state index in [0.29, 0.717) is 19.4 Å². The average molecular weight is 377 g/mol. The van der Waals surface area contributed by atoms with Crippen molar-refractivity contribution in [1.29, 1.82) is 0 Å². The number of benzene rings is 2. The van der Waals surface area contributed by atoms with Crippen molar-refractivity contribution in [3.8, 4) is 0 Å². The number of aliphatic carboxylic acids is 1. The van der Waals surface area contributed by atoms with Gasteiger partial charge in [-0.2, -0.15) is 13.2 Å². The average Bonchev–Trinajstić information content (AvgIpc) is 3.07. The monoisotopic (exact) mass is 377 g/mol. The van der Waals surface area contributed by atoms with Crippen LogP contribution in [0, 0.1) is 13.8 Å².